The second-order valence-electron chi connectivity index (χ2n) is 5.57. The fraction of sp³-hybridized carbons (Fsp3) is 0.500. The maximum atomic E-state index is 12.3. The van der Waals surface area contributed by atoms with Gasteiger partial charge in [-0.25, -0.2) is 4.79 Å². The van der Waals surface area contributed by atoms with E-state index in [0.717, 1.165) is 5.56 Å². The van der Waals surface area contributed by atoms with Crippen molar-refractivity contribution in [1.29, 1.82) is 0 Å². The topological polar surface area (TPSA) is 55.8 Å². The first kappa shape index (κ1) is 15.2. The van der Waals surface area contributed by atoms with Gasteiger partial charge in [-0.15, -0.1) is 11.6 Å². The van der Waals surface area contributed by atoms with E-state index in [1.54, 1.807) is 4.90 Å². The largest absolute Gasteiger partial charge is 0.460 e. The highest BCUT2D eigenvalue weighted by molar-refractivity contribution is 6.18. The Hall–Kier alpha value is -1.75. The molecule has 0 radical (unpaired) electrons. The number of likely N-dealkylation sites (tertiary alicyclic amines) is 1. The Morgan fingerprint density at radius 2 is 2.14 bits per heavy atom. The Labute approximate surface area is 134 Å². The second kappa shape index (κ2) is 6.57. The zero-order chi connectivity index (χ0) is 15.5. The van der Waals surface area contributed by atoms with Crippen LogP contribution in [0.15, 0.2) is 30.3 Å². The van der Waals surface area contributed by atoms with E-state index in [4.69, 9.17) is 21.1 Å². The third-order valence-corrected chi connectivity index (χ3v) is 4.46. The molecule has 1 amide bonds. The number of hydrogen-bond donors (Lipinski definition) is 0. The molecule has 2 fully saturated rings. The molecule has 2 aliphatic rings. The average molecular weight is 324 g/mol. The van der Waals surface area contributed by atoms with Crippen molar-refractivity contribution in [3.05, 3.63) is 35.9 Å². The Bertz CT molecular complexity index is 550. The standard InChI is InChI=1S/C16H18ClNO4/c17-8-6-12-14-13(22-15(12)19)7-9-18(14)16(20)21-10-11-4-2-1-3-5-11/h1-5,12-14H,6-10H2/t12-,13-,14-/m0/s1. The highest BCUT2D eigenvalue weighted by Gasteiger charge is 2.52. The molecule has 5 nitrogen and oxygen atoms in total. The minimum Gasteiger partial charge on any atom is -0.460 e. The third-order valence-electron chi connectivity index (χ3n) is 4.24. The van der Waals surface area contributed by atoms with Gasteiger partial charge in [0.2, 0.25) is 0 Å². The van der Waals surface area contributed by atoms with Crippen LogP contribution >= 0.6 is 11.6 Å². The fourth-order valence-corrected chi connectivity index (χ4v) is 3.42. The quantitative estimate of drug-likeness (QED) is 0.631. The number of nitrogens with zero attached hydrogens (tertiary/aromatic N) is 1. The molecule has 0 N–H and O–H groups in total. The van der Waals surface area contributed by atoms with E-state index >= 15 is 0 Å². The van der Waals surface area contributed by atoms with Crippen LogP contribution in [0.4, 0.5) is 4.79 Å². The van der Waals surface area contributed by atoms with Gasteiger partial charge in [-0.3, -0.25) is 4.79 Å². The number of rotatable bonds is 4. The van der Waals surface area contributed by atoms with Gasteiger partial charge in [-0.2, -0.15) is 0 Å². The van der Waals surface area contributed by atoms with Crippen LogP contribution in [-0.4, -0.2) is 41.5 Å². The Morgan fingerprint density at radius 3 is 2.86 bits per heavy atom. The molecule has 0 aliphatic carbocycles. The molecular formula is C16H18ClNO4. The number of fused-ring (bicyclic) bond motifs is 1. The van der Waals surface area contributed by atoms with Crippen molar-refractivity contribution in [3.8, 4) is 0 Å². The molecule has 1 aromatic rings. The van der Waals surface area contributed by atoms with E-state index in [9.17, 15) is 9.59 Å². The molecule has 22 heavy (non-hydrogen) atoms. The summed E-state index contributed by atoms with van der Waals surface area (Å²) >= 11 is 5.76. The fourth-order valence-electron chi connectivity index (χ4n) is 3.19. The molecule has 2 aliphatic heterocycles. The van der Waals surface area contributed by atoms with Crippen molar-refractivity contribution in [1.82, 2.24) is 4.90 Å². The number of benzene rings is 1. The molecular weight excluding hydrogens is 306 g/mol. The van der Waals surface area contributed by atoms with Crippen molar-refractivity contribution >= 4 is 23.7 Å². The summed E-state index contributed by atoms with van der Waals surface area (Å²) < 4.78 is 10.7. The summed E-state index contributed by atoms with van der Waals surface area (Å²) in [6.45, 7) is 0.775. The minimum absolute atomic E-state index is 0.218. The maximum absolute atomic E-state index is 12.3. The van der Waals surface area contributed by atoms with Crippen LogP contribution in [0.3, 0.4) is 0 Å². The van der Waals surface area contributed by atoms with Crippen LogP contribution in [0.25, 0.3) is 0 Å². The van der Waals surface area contributed by atoms with Crippen molar-refractivity contribution in [2.45, 2.75) is 31.6 Å². The van der Waals surface area contributed by atoms with Crippen molar-refractivity contribution in [2.24, 2.45) is 5.92 Å². The van der Waals surface area contributed by atoms with Gasteiger partial charge in [0.15, 0.2) is 0 Å². The van der Waals surface area contributed by atoms with Gasteiger partial charge in [-0.05, 0) is 12.0 Å². The Kier molecular flexibility index (Phi) is 4.52. The summed E-state index contributed by atoms with van der Waals surface area (Å²) in [5.41, 5.74) is 0.933. The molecule has 0 bridgehead atoms. The van der Waals surface area contributed by atoms with Gasteiger partial charge in [-0.1, -0.05) is 30.3 Å². The second-order valence-corrected chi connectivity index (χ2v) is 5.95. The first-order valence-electron chi connectivity index (χ1n) is 7.44. The number of amides is 1. The Balaban J connectivity index is 1.64. The van der Waals surface area contributed by atoms with Crippen LogP contribution in [0.2, 0.25) is 0 Å². The minimum atomic E-state index is -0.394. The number of carbonyl (C=O) groups excluding carboxylic acids is 2. The van der Waals surface area contributed by atoms with E-state index in [1.807, 2.05) is 30.3 Å². The van der Waals surface area contributed by atoms with Gasteiger partial charge >= 0.3 is 12.1 Å². The maximum Gasteiger partial charge on any atom is 0.410 e. The first-order valence-corrected chi connectivity index (χ1v) is 7.98. The van der Waals surface area contributed by atoms with Gasteiger partial charge < -0.3 is 14.4 Å². The summed E-state index contributed by atoms with van der Waals surface area (Å²) in [6.07, 6.45) is 0.568. The van der Waals surface area contributed by atoms with Crippen LogP contribution in [0, 0.1) is 5.92 Å². The van der Waals surface area contributed by atoms with Crippen LogP contribution in [0.5, 0.6) is 0 Å². The number of carbonyl (C=O) groups is 2. The normalized spacial score (nSPS) is 26.7. The molecule has 6 heteroatoms. The third kappa shape index (κ3) is 2.90. The zero-order valence-electron chi connectivity index (χ0n) is 12.1. The molecule has 2 heterocycles. The van der Waals surface area contributed by atoms with Crippen LogP contribution in [0.1, 0.15) is 18.4 Å². The lowest BCUT2D eigenvalue weighted by atomic mass is 9.96. The van der Waals surface area contributed by atoms with Gasteiger partial charge in [0, 0.05) is 18.8 Å². The summed E-state index contributed by atoms with van der Waals surface area (Å²) in [5.74, 6) is -0.221. The van der Waals surface area contributed by atoms with Gasteiger partial charge in [0.05, 0.1) is 12.0 Å². The molecule has 0 unspecified atom stereocenters. The molecule has 0 saturated carbocycles. The van der Waals surface area contributed by atoms with Crippen molar-refractivity contribution in [3.63, 3.8) is 0 Å². The predicted octanol–water partition coefficient (Wildman–Crippen LogP) is 2.57. The molecule has 0 spiro atoms. The number of hydrogen-bond acceptors (Lipinski definition) is 4. The lowest BCUT2D eigenvalue weighted by Crippen LogP contribution is -2.42. The number of esters is 1. The monoisotopic (exact) mass is 323 g/mol. The molecule has 118 valence electrons. The highest BCUT2D eigenvalue weighted by Crippen LogP contribution is 2.36. The average Bonchev–Trinajstić information content (AvgIpc) is 3.06. The van der Waals surface area contributed by atoms with E-state index in [2.05, 4.69) is 0 Å². The van der Waals surface area contributed by atoms with Crippen molar-refractivity contribution < 1.29 is 19.1 Å². The molecule has 3 atom stereocenters. The lowest BCUT2D eigenvalue weighted by Gasteiger charge is -2.25. The van der Waals surface area contributed by atoms with Crippen LogP contribution < -0.4 is 0 Å². The molecule has 1 aromatic carbocycles. The summed E-state index contributed by atoms with van der Waals surface area (Å²) in [5, 5.41) is 0. The number of alkyl halides is 1. The smallest absolute Gasteiger partial charge is 0.410 e. The summed E-state index contributed by atoms with van der Waals surface area (Å²) in [7, 11) is 0. The van der Waals surface area contributed by atoms with E-state index in [1.165, 1.54) is 0 Å². The first-order chi connectivity index (χ1) is 10.7. The summed E-state index contributed by atoms with van der Waals surface area (Å²) in [4.78, 5) is 25.8. The predicted molar refractivity (Wildman–Crippen MR) is 80.4 cm³/mol. The van der Waals surface area contributed by atoms with Crippen molar-refractivity contribution in [2.75, 3.05) is 12.4 Å². The molecule has 3 rings (SSSR count). The Morgan fingerprint density at radius 1 is 1.36 bits per heavy atom. The van der Waals surface area contributed by atoms with Gasteiger partial charge in [0.25, 0.3) is 0 Å². The lowest BCUT2D eigenvalue weighted by molar-refractivity contribution is -0.144. The van der Waals surface area contributed by atoms with Gasteiger partial charge in [0.1, 0.15) is 12.7 Å². The zero-order valence-corrected chi connectivity index (χ0v) is 12.9. The highest BCUT2D eigenvalue weighted by atomic mass is 35.5. The summed E-state index contributed by atoms with van der Waals surface area (Å²) in [6, 6.07) is 9.27. The molecule has 2 saturated heterocycles. The number of halogens is 1. The van der Waals surface area contributed by atoms with E-state index in [0.29, 0.717) is 25.3 Å². The van der Waals surface area contributed by atoms with E-state index in [-0.39, 0.29) is 30.6 Å². The molecule has 0 aromatic heterocycles. The van der Waals surface area contributed by atoms with E-state index < -0.39 is 6.09 Å². The number of ether oxygens (including phenoxy) is 2. The SMILES string of the molecule is O=C1O[C@H]2CCN(C(=O)OCc3ccccc3)[C@H]2[C@@H]1CCCl. The van der Waals surface area contributed by atoms with Crippen LogP contribution in [-0.2, 0) is 20.9 Å².